The molecule has 200 valence electrons. The second-order valence-corrected chi connectivity index (χ2v) is 11.9. The van der Waals surface area contributed by atoms with Gasteiger partial charge in [-0.05, 0) is 54.4 Å². The number of phenols is 1. The van der Waals surface area contributed by atoms with Crippen LogP contribution < -0.4 is 0 Å². The Labute approximate surface area is 220 Å². The molecule has 0 saturated carbocycles. The molecule has 1 saturated heterocycles. The highest BCUT2D eigenvalue weighted by atomic mass is 32.2. The van der Waals surface area contributed by atoms with Crippen LogP contribution in [0.2, 0.25) is 0 Å². The van der Waals surface area contributed by atoms with Gasteiger partial charge in [0.25, 0.3) is 10.2 Å². The van der Waals surface area contributed by atoms with Crippen LogP contribution in [-0.4, -0.2) is 87.0 Å². The quantitative estimate of drug-likeness (QED) is 0.359. The molecule has 0 radical (unpaired) electrons. The Morgan fingerprint density at radius 1 is 1.08 bits per heavy atom. The highest BCUT2D eigenvalue weighted by Gasteiger charge is 2.35. The number of aromatic nitrogens is 4. The third kappa shape index (κ3) is 4.27. The third-order valence-electron chi connectivity index (χ3n) is 7.56. The lowest BCUT2D eigenvalue weighted by molar-refractivity contribution is 0.209. The van der Waals surface area contributed by atoms with Crippen molar-refractivity contribution in [2.45, 2.75) is 26.3 Å². The van der Waals surface area contributed by atoms with Gasteiger partial charge < -0.3 is 15.0 Å². The number of aromatic amines is 2. The maximum atomic E-state index is 14.1. The summed E-state index contributed by atoms with van der Waals surface area (Å²) in [7, 11) is -1.55. The average Bonchev–Trinajstić information content (AvgIpc) is 3.53. The van der Waals surface area contributed by atoms with E-state index < -0.39 is 16.0 Å². The van der Waals surface area contributed by atoms with Gasteiger partial charge in [0.1, 0.15) is 5.69 Å². The lowest BCUT2D eigenvalue weighted by Crippen LogP contribution is -2.52. The van der Waals surface area contributed by atoms with E-state index in [1.807, 2.05) is 32.2 Å². The first-order chi connectivity index (χ1) is 18.2. The van der Waals surface area contributed by atoms with Gasteiger partial charge in [0.15, 0.2) is 17.4 Å². The van der Waals surface area contributed by atoms with E-state index in [2.05, 4.69) is 20.1 Å². The number of H-pyrrole nitrogens is 2. The molecule has 2 aliphatic rings. The number of aromatic hydroxyl groups is 1. The number of hydrogen-bond acceptors (Lipinski definition) is 6. The van der Waals surface area contributed by atoms with Crippen molar-refractivity contribution in [2.75, 3.05) is 39.8 Å². The molecule has 10 nitrogen and oxygen atoms in total. The molecule has 12 heteroatoms. The molecule has 0 aliphatic carbocycles. The minimum Gasteiger partial charge on any atom is -0.505 e. The van der Waals surface area contributed by atoms with Crippen LogP contribution in [0.3, 0.4) is 0 Å². The molecule has 6 rings (SSSR count). The van der Waals surface area contributed by atoms with Crippen LogP contribution in [0.4, 0.5) is 4.39 Å². The van der Waals surface area contributed by atoms with Crippen molar-refractivity contribution < 1.29 is 17.9 Å². The number of imidazole rings is 1. The summed E-state index contributed by atoms with van der Waals surface area (Å²) >= 11 is 0. The number of nitrogens with one attached hydrogen (secondary N) is 2. The Bertz CT molecular complexity index is 1620. The molecule has 0 unspecified atom stereocenters. The molecule has 2 aliphatic heterocycles. The van der Waals surface area contributed by atoms with Crippen LogP contribution >= 0.6 is 0 Å². The van der Waals surface area contributed by atoms with Crippen molar-refractivity contribution in [1.82, 2.24) is 33.7 Å². The van der Waals surface area contributed by atoms with E-state index in [1.165, 1.54) is 16.4 Å². The Morgan fingerprint density at radius 3 is 2.63 bits per heavy atom. The molecule has 0 atom stereocenters. The first-order valence-corrected chi connectivity index (χ1v) is 14.2. The van der Waals surface area contributed by atoms with E-state index in [1.54, 1.807) is 4.31 Å². The van der Waals surface area contributed by atoms with E-state index in [0.717, 1.165) is 52.1 Å². The second-order valence-electron chi connectivity index (χ2n) is 9.95. The fourth-order valence-corrected chi connectivity index (χ4v) is 6.86. The molecule has 4 heterocycles. The monoisotopic (exact) mass is 539 g/mol. The number of hydrogen-bond donors (Lipinski definition) is 3. The topological polar surface area (TPSA) is 121 Å². The van der Waals surface area contributed by atoms with Gasteiger partial charge in [-0.2, -0.15) is 22.1 Å². The van der Waals surface area contributed by atoms with Gasteiger partial charge in [0.05, 0.1) is 23.4 Å². The molecule has 3 N–H and O–H groups in total. The number of nitrogens with zero attached hydrogens (tertiary/aromatic N) is 5. The predicted molar refractivity (Wildman–Crippen MR) is 142 cm³/mol. The molecule has 4 aromatic rings. The second kappa shape index (κ2) is 9.45. The third-order valence-corrected chi connectivity index (χ3v) is 9.55. The van der Waals surface area contributed by atoms with Crippen LogP contribution in [0.25, 0.3) is 33.5 Å². The first-order valence-electron chi connectivity index (χ1n) is 12.8. The summed E-state index contributed by atoms with van der Waals surface area (Å²) in [6, 6.07) is 8.55. The number of phenolic OH excluding ortho intramolecular Hbond substituents is 1. The molecular weight excluding hydrogens is 509 g/mol. The van der Waals surface area contributed by atoms with Gasteiger partial charge >= 0.3 is 0 Å². The molecule has 38 heavy (non-hydrogen) atoms. The van der Waals surface area contributed by atoms with E-state index >= 15 is 0 Å². The van der Waals surface area contributed by atoms with E-state index in [0.29, 0.717) is 44.0 Å². The predicted octanol–water partition coefficient (Wildman–Crippen LogP) is 2.88. The fraction of sp³-hybridized carbons (Fsp3) is 0.385. The van der Waals surface area contributed by atoms with Crippen LogP contribution in [0.1, 0.15) is 23.9 Å². The molecule has 0 amide bonds. The van der Waals surface area contributed by atoms with Crippen molar-refractivity contribution in [1.29, 1.82) is 0 Å². The Kier molecular flexibility index (Phi) is 6.22. The molecule has 2 aromatic heterocycles. The molecule has 0 bridgehead atoms. The van der Waals surface area contributed by atoms with Gasteiger partial charge in [-0.25, -0.2) is 9.37 Å². The summed E-state index contributed by atoms with van der Waals surface area (Å²) in [5, 5.41) is 18.2. The smallest absolute Gasteiger partial charge is 0.282 e. The minimum absolute atomic E-state index is 0.246. The van der Waals surface area contributed by atoms with E-state index in [4.69, 9.17) is 4.98 Å². The largest absolute Gasteiger partial charge is 0.505 e. The van der Waals surface area contributed by atoms with Crippen molar-refractivity contribution in [2.24, 2.45) is 0 Å². The highest BCUT2D eigenvalue weighted by molar-refractivity contribution is 7.86. The summed E-state index contributed by atoms with van der Waals surface area (Å²) in [4.78, 5) is 10.2. The number of benzene rings is 2. The van der Waals surface area contributed by atoms with Crippen molar-refractivity contribution in [3.05, 3.63) is 53.1 Å². The summed E-state index contributed by atoms with van der Waals surface area (Å²) in [6.07, 6.45) is 1.17. The first kappa shape index (κ1) is 25.0. The van der Waals surface area contributed by atoms with Gasteiger partial charge in [0.2, 0.25) is 0 Å². The maximum Gasteiger partial charge on any atom is 0.282 e. The number of rotatable bonds is 5. The average molecular weight is 540 g/mol. The molecule has 1 fully saturated rings. The normalized spacial score (nSPS) is 17.8. The van der Waals surface area contributed by atoms with Crippen molar-refractivity contribution in [3.8, 4) is 28.4 Å². The molecule has 2 aromatic carbocycles. The zero-order chi connectivity index (χ0) is 26.6. The van der Waals surface area contributed by atoms with Gasteiger partial charge in [-0.1, -0.05) is 13.0 Å². The SMILES string of the molecule is CCc1cc(O)c(F)cc1-c1ccc2c(-c3nc4c([nH]3)CN(S(=O)(=O)N3CCN(C)CC3)CC4)n[nH]c2c1. The van der Waals surface area contributed by atoms with E-state index in [9.17, 15) is 17.9 Å². The Morgan fingerprint density at radius 2 is 1.87 bits per heavy atom. The fourth-order valence-electron chi connectivity index (χ4n) is 5.29. The minimum atomic E-state index is -3.55. The molecular formula is C26H30FN7O3S. The number of likely N-dealkylation sites (N-methyl/N-ethyl adjacent to an activating group) is 1. The summed E-state index contributed by atoms with van der Waals surface area (Å²) in [5.41, 5.74) is 5.41. The highest BCUT2D eigenvalue weighted by Crippen LogP contribution is 2.34. The maximum absolute atomic E-state index is 14.1. The van der Waals surface area contributed by atoms with E-state index in [-0.39, 0.29) is 12.3 Å². The number of fused-ring (bicyclic) bond motifs is 2. The Hall–Kier alpha value is -3.32. The number of aryl methyl sites for hydroxylation is 1. The molecule has 0 spiro atoms. The van der Waals surface area contributed by atoms with Crippen LogP contribution in [0.15, 0.2) is 30.3 Å². The van der Waals surface area contributed by atoms with Gasteiger partial charge in [-0.3, -0.25) is 5.10 Å². The summed E-state index contributed by atoms with van der Waals surface area (Å²) < 4.78 is 43.7. The van der Waals surface area contributed by atoms with Crippen LogP contribution in [0.5, 0.6) is 5.75 Å². The zero-order valence-corrected chi connectivity index (χ0v) is 22.1. The summed E-state index contributed by atoms with van der Waals surface area (Å²) in [5.74, 6) is -0.433. The van der Waals surface area contributed by atoms with Gasteiger partial charge in [0, 0.05) is 44.5 Å². The number of piperazine rings is 1. The van der Waals surface area contributed by atoms with Crippen molar-refractivity contribution >= 4 is 21.1 Å². The lowest BCUT2D eigenvalue weighted by atomic mass is 9.96. The summed E-state index contributed by atoms with van der Waals surface area (Å²) in [6.45, 7) is 5.03. The Balaban J connectivity index is 1.28. The van der Waals surface area contributed by atoms with Crippen LogP contribution in [-0.2, 0) is 29.6 Å². The lowest BCUT2D eigenvalue weighted by Gasteiger charge is -2.36. The van der Waals surface area contributed by atoms with Crippen LogP contribution in [0, 0.1) is 5.82 Å². The standard InChI is InChI=1S/C26H30FN7O3S/c1-3-16-13-24(35)20(27)14-19(16)17-4-5-18-22(12-17)30-31-25(18)26-28-21-6-7-34(15-23(21)29-26)38(36,37)33-10-8-32(2)9-11-33/h4-5,12-14,35H,3,6-11,15H2,1-2H3,(H,28,29)(H,30,31). The zero-order valence-electron chi connectivity index (χ0n) is 21.3. The van der Waals surface area contributed by atoms with Gasteiger partial charge in [-0.15, -0.1) is 0 Å². The van der Waals surface area contributed by atoms with Crippen molar-refractivity contribution in [3.63, 3.8) is 0 Å². The number of halogens is 1.